The fraction of sp³-hybridized carbons (Fsp3) is 0.900. The van der Waals surface area contributed by atoms with Gasteiger partial charge in [0.15, 0.2) is 0 Å². The van der Waals surface area contributed by atoms with E-state index in [9.17, 15) is 4.79 Å². The number of fused-ring (bicyclic) bond motifs is 3. The smallest absolute Gasteiger partial charge is 0.324 e. The lowest BCUT2D eigenvalue weighted by Crippen LogP contribution is -2.64. The summed E-state index contributed by atoms with van der Waals surface area (Å²) < 4.78 is 5.27. The third kappa shape index (κ3) is 1.26. The second-order valence-electron chi connectivity index (χ2n) is 4.74. The first-order valence-electron chi connectivity index (χ1n) is 4.99. The monoisotopic (exact) mass is 183 g/mol. The number of esters is 1. The van der Waals surface area contributed by atoms with Crippen LogP contribution in [0.1, 0.15) is 27.2 Å². The summed E-state index contributed by atoms with van der Waals surface area (Å²) in [5.41, 5.74) is 0.0915. The first-order chi connectivity index (χ1) is 6.04. The van der Waals surface area contributed by atoms with Crippen LogP contribution in [0.3, 0.4) is 0 Å². The molecule has 0 aromatic heterocycles. The first kappa shape index (κ1) is 9.00. The molecule has 2 unspecified atom stereocenters. The van der Waals surface area contributed by atoms with Crippen LogP contribution in [-0.2, 0) is 9.53 Å². The van der Waals surface area contributed by atoms with Crippen LogP contribution in [0.15, 0.2) is 0 Å². The molecule has 0 aromatic rings. The molecule has 0 saturated carbocycles. The van der Waals surface area contributed by atoms with Crippen molar-refractivity contribution in [2.45, 2.75) is 39.3 Å². The van der Waals surface area contributed by atoms with E-state index in [1.807, 2.05) is 0 Å². The second kappa shape index (κ2) is 2.71. The molecule has 2 bridgehead atoms. The Hall–Kier alpha value is -0.570. The van der Waals surface area contributed by atoms with Crippen molar-refractivity contribution in [1.82, 2.24) is 4.90 Å². The van der Waals surface area contributed by atoms with Gasteiger partial charge in [0.1, 0.15) is 12.1 Å². The minimum atomic E-state index is -0.0191. The van der Waals surface area contributed by atoms with Crippen molar-refractivity contribution in [3.8, 4) is 0 Å². The number of hydrogen-bond acceptors (Lipinski definition) is 3. The molecule has 0 N–H and O–H groups in total. The predicted molar refractivity (Wildman–Crippen MR) is 49.3 cm³/mol. The van der Waals surface area contributed by atoms with Crippen LogP contribution < -0.4 is 0 Å². The molecule has 0 spiro atoms. The maximum atomic E-state index is 11.6. The molecule has 13 heavy (non-hydrogen) atoms. The maximum Gasteiger partial charge on any atom is 0.324 e. The normalized spacial score (nSPS) is 37.6. The van der Waals surface area contributed by atoms with Crippen molar-refractivity contribution in [3.63, 3.8) is 0 Å². The van der Waals surface area contributed by atoms with Crippen LogP contribution in [0.5, 0.6) is 0 Å². The van der Waals surface area contributed by atoms with Crippen molar-refractivity contribution in [2.75, 3.05) is 13.1 Å². The van der Waals surface area contributed by atoms with Crippen LogP contribution >= 0.6 is 0 Å². The fourth-order valence-electron chi connectivity index (χ4n) is 2.71. The molecule has 3 rings (SSSR count). The van der Waals surface area contributed by atoms with E-state index in [0.717, 1.165) is 19.5 Å². The fourth-order valence-corrected chi connectivity index (χ4v) is 2.71. The molecule has 3 aliphatic rings. The molecular formula is C10H17NO2. The maximum absolute atomic E-state index is 11.6. The number of piperidine rings is 1. The van der Waals surface area contributed by atoms with E-state index < -0.39 is 0 Å². The van der Waals surface area contributed by atoms with Gasteiger partial charge in [0.25, 0.3) is 0 Å². The van der Waals surface area contributed by atoms with Gasteiger partial charge in [-0.1, -0.05) is 20.8 Å². The van der Waals surface area contributed by atoms with Gasteiger partial charge in [-0.3, -0.25) is 9.69 Å². The second-order valence-corrected chi connectivity index (χ2v) is 4.74. The highest BCUT2D eigenvalue weighted by Crippen LogP contribution is 2.41. The highest BCUT2D eigenvalue weighted by Gasteiger charge is 2.51. The van der Waals surface area contributed by atoms with E-state index in [4.69, 9.17) is 4.74 Å². The van der Waals surface area contributed by atoms with Crippen molar-refractivity contribution in [1.29, 1.82) is 0 Å². The summed E-state index contributed by atoms with van der Waals surface area (Å²) in [6.45, 7) is 8.29. The molecule has 74 valence electrons. The van der Waals surface area contributed by atoms with Gasteiger partial charge < -0.3 is 4.74 Å². The lowest BCUT2D eigenvalue weighted by molar-refractivity contribution is -0.192. The van der Waals surface area contributed by atoms with Gasteiger partial charge in [0.2, 0.25) is 0 Å². The summed E-state index contributed by atoms with van der Waals surface area (Å²) >= 11 is 0. The summed E-state index contributed by atoms with van der Waals surface area (Å²) in [4.78, 5) is 13.8. The predicted octanol–water partition coefficient (Wildman–Crippen LogP) is 1.03. The van der Waals surface area contributed by atoms with E-state index in [2.05, 4.69) is 25.7 Å². The van der Waals surface area contributed by atoms with Crippen molar-refractivity contribution in [3.05, 3.63) is 0 Å². The minimum Gasteiger partial charge on any atom is -0.460 e. The molecule has 3 heterocycles. The molecule has 0 amide bonds. The zero-order valence-corrected chi connectivity index (χ0v) is 8.54. The Morgan fingerprint density at radius 2 is 2.31 bits per heavy atom. The lowest BCUT2D eigenvalue weighted by atomic mass is 9.73. The number of likely N-dealkylation sites (N-methyl/N-ethyl adjacent to an activating group) is 1. The number of nitrogens with zero attached hydrogens (tertiary/aromatic N) is 1. The molecule has 3 aliphatic heterocycles. The van der Waals surface area contributed by atoms with E-state index in [0.29, 0.717) is 0 Å². The van der Waals surface area contributed by atoms with E-state index in [-0.39, 0.29) is 23.5 Å². The number of rotatable bonds is 1. The molecule has 0 aliphatic carbocycles. The molecule has 3 saturated heterocycles. The van der Waals surface area contributed by atoms with Gasteiger partial charge in [-0.05, 0) is 18.4 Å². The molecule has 0 aromatic carbocycles. The van der Waals surface area contributed by atoms with E-state index in [1.165, 1.54) is 0 Å². The average Bonchev–Trinajstić information content (AvgIpc) is 2.00. The highest BCUT2D eigenvalue weighted by molar-refractivity contribution is 5.78. The Labute approximate surface area is 79.0 Å². The average molecular weight is 183 g/mol. The van der Waals surface area contributed by atoms with Crippen LogP contribution in [0.4, 0.5) is 0 Å². The number of carbonyl (C=O) groups is 1. The molecule has 3 heteroatoms. The molecular weight excluding hydrogens is 166 g/mol. The summed E-state index contributed by atoms with van der Waals surface area (Å²) in [5, 5.41) is 0. The molecule has 2 atom stereocenters. The van der Waals surface area contributed by atoms with Gasteiger partial charge in [-0.15, -0.1) is 0 Å². The first-order valence-corrected chi connectivity index (χ1v) is 4.99. The van der Waals surface area contributed by atoms with Gasteiger partial charge in [0, 0.05) is 6.54 Å². The standard InChI is InChI=1S/C10H17NO2/c1-4-11-6-7-5-10(2,3)8(11)9(12)13-7/h7-8H,4-6H2,1-3H3. The summed E-state index contributed by atoms with van der Waals surface area (Å²) in [5.74, 6) is -0.0191. The van der Waals surface area contributed by atoms with Crippen LogP contribution in [-0.4, -0.2) is 36.1 Å². The third-order valence-electron chi connectivity index (χ3n) is 3.21. The third-order valence-corrected chi connectivity index (χ3v) is 3.21. The quantitative estimate of drug-likeness (QED) is 0.569. The molecule has 0 radical (unpaired) electrons. The van der Waals surface area contributed by atoms with Gasteiger partial charge in [-0.2, -0.15) is 0 Å². The largest absolute Gasteiger partial charge is 0.460 e. The van der Waals surface area contributed by atoms with E-state index >= 15 is 0 Å². The van der Waals surface area contributed by atoms with E-state index in [1.54, 1.807) is 0 Å². The van der Waals surface area contributed by atoms with Gasteiger partial charge >= 0.3 is 5.97 Å². The Balaban J connectivity index is 2.28. The minimum absolute atomic E-state index is 0.0116. The Kier molecular flexibility index (Phi) is 1.88. The van der Waals surface area contributed by atoms with Crippen LogP contribution in [0, 0.1) is 5.41 Å². The Bertz CT molecular complexity index is 237. The summed E-state index contributed by atoms with van der Waals surface area (Å²) in [7, 11) is 0. The number of ether oxygens (including phenoxy) is 1. The van der Waals surface area contributed by atoms with Crippen molar-refractivity contribution < 1.29 is 9.53 Å². The Morgan fingerprint density at radius 1 is 1.62 bits per heavy atom. The van der Waals surface area contributed by atoms with Crippen molar-refractivity contribution in [2.24, 2.45) is 5.41 Å². The Morgan fingerprint density at radius 3 is 2.69 bits per heavy atom. The summed E-state index contributed by atoms with van der Waals surface area (Å²) in [6, 6.07) is -0.0116. The van der Waals surface area contributed by atoms with Crippen molar-refractivity contribution >= 4 is 5.97 Å². The topological polar surface area (TPSA) is 29.5 Å². The SMILES string of the molecule is CCN1CC2CC(C)(C)C1C(=O)O2. The number of hydrogen-bond donors (Lipinski definition) is 0. The highest BCUT2D eigenvalue weighted by atomic mass is 16.6. The summed E-state index contributed by atoms with van der Waals surface area (Å²) in [6.07, 6.45) is 1.15. The zero-order chi connectivity index (χ0) is 9.64. The molecule has 3 nitrogen and oxygen atoms in total. The lowest BCUT2D eigenvalue weighted by Gasteiger charge is -2.52. The number of carbonyl (C=O) groups excluding carboxylic acids is 1. The van der Waals surface area contributed by atoms with Crippen LogP contribution in [0.2, 0.25) is 0 Å². The zero-order valence-electron chi connectivity index (χ0n) is 8.54. The van der Waals surface area contributed by atoms with Gasteiger partial charge in [0.05, 0.1) is 0 Å². The van der Waals surface area contributed by atoms with Crippen LogP contribution in [0.25, 0.3) is 0 Å². The number of morpholine rings is 1. The van der Waals surface area contributed by atoms with Gasteiger partial charge in [-0.25, -0.2) is 0 Å². The molecule has 3 fully saturated rings.